The average molecular weight is 300 g/mol. The third-order valence-electron chi connectivity index (χ3n) is 3.68. The van der Waals surface area contributed by atoms with Gasteiger partial charge in [-0.2, -0.15) is 0 Å². The predicted octanol–water partition coefficient (Wildman–Crippen LogP) is 4.60. The van der Waals surface area contributed by atoms with E-state index in [1.807, 2.05) is 22.8 Å². The molecule has 3 aromatic rings. The van der Waals surface area contributed by atoms with E-state index >= 15 is 0 Å². The number of hydrogen-bond donors (Lipinski definition) is 1. The molecule has 108 valence electrons. The fourth-order valence-corrected chi connectivity index (χ4v) is 2.76. The molecule has 0 saturated heterocycles. The largest absolute Gasteiger partial charge is 0.369 e. The first-order valence-corrected chi connectivity index (χ1v) is 7.60. The summed E-state index contributed by atoms with van der Waals surface area (Å²) in [6.07, 6.45) is 3.53. The van der Waals surface area contributed by atoms with Crippen molar-refractivity contribution in [2.75, 3.05) is 5.73 Å². The van der Waals surface area contributed by atoms with E-state index in [0.29, 0.717) is 11.0 Å². The molecule has 0 amide bonds. The van der Waals surface area contributed by atoms with Crippen molar-refractivity contribution in [3.8, 4) is 5.69 Å². The molecule has 0 radical (unpaired) electrons. The summed E-state index contributed by atoms with van der Waals surface area (Å²) in [5.74, 6) is 0.458. The zero-order chi connectivity index (χ0) is 14.8. The molecule has 0 aliphatic rings. The molecule has 0 bridgehead atoms. The van der Waals surface area contributed by atoms with Gasteiger partial charge in [-0.1, -0.05) is 43.1 Å². The van der Waals surface area contributed by atoms with Crippen LogP contribution in [-0.2, 0) is 6.42 Å². The molecule has 0 aliphatic carbocycles. The maximum atomic E-state index is 6.18. The number of unbranched alkanes of at least 4 members (excludes halogenated alkanes) is 1. The standard InChI is InChI=1S/C17H18ClN3/c1-2-3-5-12-8-10-13(11-9-12)21-15-7-4-6-14(18)16(15)20-17(21)19/h4,6-11H,2-3,5H2,1H3,(H2,19,20). The summed E-state index contributed by atoms with van der Waals surface area (Å²) in [6, 6.07) is 14.2. The summed E-state index contributed by atoms with van der Waals surface area (Å²) in [5, 5.41) is 0.623. The van der Waals surface area contributed by atoms with E-state index < -0.39 is 0 Å². The number of benzene rings is 2. The number of hydrogen-bond acceptors (Lipinski definition) is 2. The molecule has 2 N–H and O–H groups in total. The van der Waals surface area contributed by atoms with Crippen LogP contribution in [0, 0.1) is 0 Å². The highest BCUT2D eigenvalue weighted by Gasteiger charge is 2.11. The van der Waals surface area contributed by atoms with Gasteiger partial charge in [-0.3, -0.25) is 4.57 Å². The highest BCUT2D eigenvalue weighted by atomic mass is 35.5. The third kappa shape index (κ3) is 2.61. The average Bonchev–Trinajstić information content (AvgIpc) is 2.83. The van der Waals surface area contributed by atoms with E-state index in [9.17, 15) is 0 Å². The fraction of sp³-hybridized carbons (Fsp3) is 0.235. The normalized spacial score (nSPS) is 11.1. The van der Waals surface area contributed by atoms with Crippen molar-refractivity contribution in [1.82, 2.24) is 9.55 Å². The SMILES string of the molecule is CCCCc1ccc(-n2c(N)nc3c(Cl)cccc32)cc1. The van der Waals surface area contributed by atoms with Gasteiger partial charge in [0.25, 0.3) is 0 Å². The number of para-hydroxylation sites is 1. The van der Waals surface area contributed by atoms with Crippen LogP contribution in [0.2, 0.25) is 5.02 Å². The van der Waals surface area contributed by atoms with Crippen molar-refractivity contribution >= 4 is 28.6 Å². The quantitative estimate of drug-likeness (QED) is 0.765. The van der Waals surface area contributed by atoms with Gasteiger partial charge in [-0.15, -0.1) is 0 Å². The number of anilines is 1. The van der Waals surface area contributed by atoms with Gasteiger partial charge in [0.2, 0.25) is 5.95 Å². The van der Waals surface area contributed by atoms with Gasteiger partial charge in [-0.05, 0) is 42.7 Å². The van der Waals surface area contributed by atoms with Gasteiger partial charge in [0.1, 0.15) is 5.52 Å². The van der Waals surface area contributed by atoms with Crippen LogP contribution in [0.3, 0.4) is 0 Å². The number of aryl methyl sites for hydroxylation is 1. The van der Waals surface area contributed by atoms with Crippen LogP contribution in [-0.4, -0.2) is 9.55 Å². The monoisotopic (exact) mass is 299 g/mol. The first kappa shape index (κ1) is 14.0. The Kier molecular flexibility index (Phi) is 3.84. The highest BCUT2D eigenvalue weighted by Crippen LogP contribution is 2.28. The fourth-order valence-electron chi connectivity index (χ4n) is 2.55. The van der Waals surface area contributed by atoms with Crippen molar-refractivity contribution in [3.63, 3.8) is 0 Å². The van der Waals surface area contributed by atoms with Gasteiger partial charge < -0.3 is 5.73 Å². The van der Waals surface area contributed by atoms with E-state index in [0.717, 1.165) is 23.1 Å². The lowest BCUT2D eigenvalue weighted by atomic mass is 10.1. The van der Waals surface area contributed by atoms with E-state index in [2.05, 4.69) is 36.2 Å². The maximum Gasteiger partial charge on any atom is 0.205 e. The molecule has 0 spiro atoms. The van der Waals surface area contributed by atoms with Crippen molar-refractivity contribution in [1.29, 1.82) is 0 Å². The molecule has 0 atom stereocenters. The van der Waals surface area contributed by atoms with E-state index in [-0.39, 0.29) is 0 Å². The molecule has 1 aromatic heterocycles. The summed E-state index contributed by atoms with van der Waals surface area (Å²) in [5.41, 5.74) is 10.1. The number of rotatable bonds is 4. The second-order valence-electron chi connectivity index (χ2n) is 5.18. The van der Waals surface area contributed by atoms with E-state index in [1.54, 1.807) is 0 Å². The Balaban J connectivity index is 2.04. The van der Waals surface area contributed by atoms with Crippen molar-refractivity contribution in [3.05, 3.63) is 53.1 Å². The molecule has 3 rings (SSSR count). The molecule has 2 aromatic carbocycles. The summed E-state index contributed by atoms with van der Waals surface area (Å²) >= 11 is 6.18. The van der Waals surface area contributed by atoms with Gasteiger partial charge in [-0.25, -0.2) is 4.98 Å². The van der Waals surface area contributed by atoms with Crippen LogP contribution < -0.4 is 5.73 Å². The topological polar surface area (TPSA) is 43.8 Å². The third-order valence-corrected chi connectivity index (χ3v) is 3.98. The van der Waals surface area contributed by atoms with Gasteiger partial charge >= 0.3 is 0 Å². The Morgan fingerprint density at radius 1 is 1.14 bits per heavy atom. The molecule has 4 heteroatoms. The van der Waals surface area contributed by atoms with Crippen LogP contribution >= 0.6 is 11.6 Å². The summed E-state index contributed by atoms with van der Waals surface area (Å²) in [4.78, 5) is 4.37. The van der Waals surface area contributed by atoms with Gasteiger partial charge in [0.05, 0.1) is 10.5 Å². The number of imidazole rings is 1. The van der Waals surface area contributed by atoms with Crippen LogP contribution in [0.25, 0.3) is 16.7 Å². The van der Waals surface area contributed by atoms with Crippen LogP contribution in [0.1, 0.15) is 25.3 Å². The Morgan fingerprint density at radius 3 is 2.62 bits per heavy atom. The highest BCUT2D eigenvalue weighted by molar-refractivity contribution is 6.35. The van der Waals surface area contributed by atoms with Crippen molar-refractivity contribution in [2.24, 2.45) is 0 Å². The Morgan fingerprint density at radius 2 is 1.90 bits per heavy atom. The summed E-state index contributed by atoms with van der Waals surface area (Å²) < 4.78 is 1.94. The molecule has 3 nitrogen and oxygen atoms in total. The molecular weight excluding hydrogens is 282 g/mol. The van der Waals surface area contributed by atoms with E-state index in [4.69, 9.17) is 17.3 Å². The van der Waals surface area contributed by atoms with Gasteiger partial charge in [0, 0.05) is 5.69 Å². The minimum absolute atomic E-state index is 0.458. The summed E-state index contributed by atoms with van der Waals surface area (Å²) in [6.45, 7) is 2.20. The number of nitrogens with two attached hydrogens (primary N) is 1. The van der Waals surface area contributed by atoms with E-state index in [1.165, 1.54) is 18.4 Å². The smallest absolute Gasteiger partial charge is 0.205 e. The molecular formula is C17H18ClN3. The second kappa shape index (κ2) is 5.78. The predicted molar refractivity (Wildman–Crippen MR) is 89.1 cm³/mol. The minimum Gasteiger partial charge on any atom is -0.369 e. The molecule has 0 saturated carbocycles. The number of halogens is 1. The number of fused-ring (bicyclic) bond motifs is 1. The molecule has 21 heavy (non-hydrogen) atoms. The van der Waals surface area contributed by atoms with Crippen LogP contribution in [0.15, 0.2) is 42.5 Å². The molecule has 1 heterocycles. The molecule has 0 unspecified atom stereocenters. The number of aromatic nitrogens is 2. The first-order chi connectivity index (χ1) is 10.2. The summed E-state index contributed by atoms with van der Waals surface area (Å²) in [7, 11) is 0. The lowest BCUT2D eigenvalue weighted by Gasteiger charge is -2.08. The zero-order valence-electron chi connectivity index (χ0n) is 12.0. The Hall–Kier alpha value is -2.00. The van der Waals surface area contributed by atoms with Crippen molar-refractivity contribution in [2.45, 2.75) is 26.2 Å². The lowest BCUT2D eigenvalue weighted by molar-refractivity contribution is 0.795. The van der Waals surface area contributed by atoms with Crippen LogP contribution in [0.5, 0.6) is 0 Å². The van der Waals surface area contributed by atoms with Gasteiger partial charge in [0.15, 0.2) is 0 Å². The van der Waals surface area contributed by atoms with Crippen LogP contribution in [0.4, 0.5) is 5.95 Å². The second-order valence-corrected chi connectivity index (χ2v) is 5.59. The van der Waals surface area contributed by atoms with Crippen molar-refractivity contribution < 1.29 is 0 Å². The zero-order valence-corrected chi connectivity index (χ0v) is 12.8. The maximum absolute atomic E-state index is 6.18. The Bertz CT molecular complexity index is 760. The number of nitrogen functional groups attached to an aromatic ring is 1. The minimum atomic E-state index is 0.458. The first-order valence-electron chi connectivity index (χ1n) is 7.22. The molecule has 0 aliphatic heterocycles. The Labute approximate surface area is 129 Å². The molecule has 0 fully saturated rings. The lowest BCUT2D eigenvalue weighted by Crippen LogP contribution is -2.00. The number of nitrogens with zero attached hydrogens (tertiary/aromatic N) is 2.